The number of nitro benzene ring substituents is 1. The second kappa shape index (κ2) is 7.46. The average Bonchev–Trinajstić information content (AvgIpc) is 2.50. The van der Waals surface area contributed by atoms with Crippen molar-refractivity contribution in [3.63, 3.8) is 0 Å². The van der Waals surface area contributed by atoms with Crippen LogP contribution in [0.15, 0.2) is 24.3 Å². The molecule has 2 N–H and O–H groups in total. The van der Waals surface area contributed by atoms with Gasteiger partial charge in [0.1, 0.15) is 6.04 Å². The third-order valence-corrected chi connectivity index (χ3v) is 5.15. The maximum Gasteiger partial charge on any atom is 0.282 e. The lowest BCUT2D eigenvalue weighted by Crippen LogP contribution is -2.50. The van der Waals surface area contributed by atoms with Gasteiger partial charge < -0.3 is 0 Å². The van der Waals surface area contributed by atoms with E-state index in [4.69, 9.17) is 5.21 Å². The van der Waals surface area contributed by atoms with E-state index in [9.17, 15) is 23.3 Å². The Balaban J connectivity index is 3.33. The molecule has 0 saturated heterocycles. The van der Waals surface area contributed by atoms with Gasteiger partial charge in [-0.2, -0.15) is 17.0 Å². The molecule has 1 rings (SSSR count). The molecule has 1 atom stereocenters. The summed E-state index contributed by atoms with van der Waals surface area (Å²) in [4.78, 5) is 22.0. The van der Waals surface area contributed by atoms with Crippen molar-refractivity contribution in [2.24, 2.45) is 0 Å². The van der Waals surface area contributed by atoms with Crippen LogP contribution >= 0.6 is 0 Å². The summed E-state index contributed by atoms with van der Waals surface area (Å²) in [5, 5.41) is 19.8. The number of hydrogen-bond acceptors (Lipinski definition) is 6. The molecule has 0 saturated carbocycles. The van der Waals surface area contributed by atoms with Crippen molar-refractivity contribution in [3.8, 4) is 0 Å². The smallest absolute Gasteiger partial charge is 0.282 e. The van der Waals surface area contributed by atoms with Crippen LogP contribution in [0, 0.1) is 10.1 Å². The van der Waals surface area contributed by atoms with Crippen molar-refractivity contribution in [3.05, 3.63) is 39.9 Å². The number of nitrogens with zero attached hydrogens (tertiary/aromatic N) is 3. The zero-order valence-corrected chi connectivity index (χ0v) is 13.6. The molecular formula is C12H18N4O6S. The van der Waals surface area contributed by atoms with Crippen LogP contribution in [0.1, 0.15) is 12.5 Å². The molecule has 0 aliphatic rings. The van der Waals surface area contributed by atoms with Crippen molar-refractivity contribution in [1.82, 2.24) is 14.1 Å². The van der Waals surface area contributed by atoms with Gasteiger partial charge in [-0.05, 0) is 6.92 Å². The number of hydroxylamine groups is 1. The van der Waals surface area contributed by atoms with Gasteiger partial charge in [-0.3, -0.25) is 20.1 Å². The minimum absolute atomic E-state index is 0.125. The first-order valence-electron chi connectivity index (χ1n) is 6.48. The van der Waals surface area contributed by atoms with E-state index in [1.807, 2.05) is 0 Å². The summed E-state index contributed by atoms with van der Waals surface area (Å²) in [6, 6.07) is 4.36. The van der Waals surface area contributed by atoms with Crippen molar-refractivity contribution in [2.45, 2.75) is 19.5 Å². The Hall–Kier alpha value is -2.08. The molecular weight excluding hydrogens is 328 g/mol. The van der Waals surface area contributed by atoms with Crippen LogP contribution in [-0.4, -0.2) is 53.2 Å². The lowest BCUT2D eigenvalue weighted by atomic mass is 10.1. The topological polar surface area (TPSA) is 133 Å². The molecule has 10 nitrogen and oxygen atoms in total. The number of para-hydroxylation sites is 1. The molecule has 0 fully saturated rings. The monoisotopic (exact) mass is 346 g/mol. The van der Waals surface area contributed by atoms with E-state index in [-0.39, 0.29) is 11.3 Å². The van der Waals surface area contributed by atoms with E-state index < -0.39 is 33.6 Å². The number of nitrogens with one attached hydrogen (secondary N) is 1. The number of carbonyl (C=O) groups is 1. The first-order chi connectivity index (χ1) is 10.6. The van der Waals surface area contributed by atoms with Gasteiger partial charge in [0.2, 0.25) is 0 Å². The predicted molar refractivity (Wildman–Crippen MR) is 80.6 cm³/mol. The number of benzene rings is 1. The van der Waals surface area contributed by atoms with E-state index in [0.29, 0.717) is 0 Å². The Kier molecular flexibility index (Phi) is 6.15. The fraction of sp³-hybridized carbons (Fsp3) is 0.417. The van der Waals surface area contributed by atoms with E-state index >= 15 is 0 Å². The fourth-order valence-corrected chi connectivity index (χ4v) is 3.06. The van der Waals surface area contributed by atoms with Crippen LogP contribution < -0.4 is 5.48 Å². The second-order valence-corrected chi connectivity index (χ2v) is 6.97. The highest BCUT2D eigenvalue weighted by Crippen LogP contribution is 2.23. The van der Waals surface area contributed by atoms with Crippen LogP contribution in [0.25, 0.3) is 0 Å². The lowest BCUT2D eigenvalue weighted by Gasteiger charge is -2.29. The normalized spacial score (nSPS) is 13.1. The molecule has 128 valence electrons. The van der Waals surface area contributed by atoms with Crippen molar-refractivity contribution in [2.75, 3.05) is 14.1 Å². The molecule has 1 amide bonds. The summed E-state index contributed by atoms with van der Waals surface area (Å²) in [6.07, 6.45) is 0. The molecule has 0 bridgehead atoms. The Morgan fingerprint density at radius 1 is 1.39 bits per heavy atom. The summed E-state index contributed by atoms with van der Waals surface area (Å²) in [5.74, 6) is -0.950. The standard InChI is InChI=1S/C12H18N4O6S/c1-9(12(17)13-18)15(23(21,22)14(2)3)8-10-6-4-5-7-11(10)16(19)20/h4-7,9,18H,8H2,1-3H3,(H,13,17)/t9-/m0/s1. The molecule has 0 aliphatic carbocycles. The van der Waals surface area contributed by atoms with Gasteiger partial charge in [0.15, 0.2) is 0 Å². The molecule has 23 heavy (non-hydrogen) atoms. The van der Waals surface area contributed by atoms with Crippen LogP contribution in [0.4, 0.5) is 5.69 Å². The largest absolute Gasteiger partial charge is 0.289 e. The second-order valence-electron chi connectivity index (χ2n) is 4.87. The van der Waals surface area contributed by atoms with Gasteiger partial charge >= 0.3 is 0 Å². The van der Waals surface area contributed by atoms with Gasteiger partial charge in [0.25, 0.3) is 21.8 Å². The number of carbonyl (C=O) groups excluding carboxylic acids is 1. The molecule has 0 aliphatic heterocycles. The third-order valence-electron chi connectivity index (χ3n) is 3.19. The highest BCUT2D eigenvalue weighted by atomic mass is 32.2. The van der Waals surface area contributed by atoms with Gasteiger partial charge in [0, 0.05) is 32.3 Å². The molecule has 0 radical (unpaired) electrons. The van der Waals surface area contributed by atoms with Crippen molar-refractivity contribution < 1.29 is 23.3 Å². The highest BCUT2D eigenvalue weighted by molar-refractivity contribution is 7.86. The summed E-state index contributed by atoms with van der Waals surface area (Å²) < 4.78 is 26.4. The number of rotatable bonds is 7. The Labute approximate surface area is 133 Å². The zero-order valence-electron chi connectivity index (χ0n) is 12.8. The molecule has 1 aromatic rings. The predicted octanol–water partition coefficient (Wildman–Crippen LogP) is 0.0971. The van der Waals surface area contributed by atoms with E-state index in [1.54, 1.807) is 0 Å². The van der Waals surface area contributed by atoms with Crippen molar-refractivity contribution >= 4 is 21.8 Å². The SMILES string of the molecule is C[C@@H](C(=O)NO)N(Cc1ccccc1[N+](=O)[O-])S(=O)(=O)N(C)C. The minimum Gasteiger partial charge on any atom is -0.289 e. The van der Waals surface area contributed by atoms with Gasteiger partial charge in [0.05, 0.1) is 4.92 Å². The summed E-state index contributed by atoms with van der Waals surface area (Å²) >= 11 is 0. The Morgan fingerprint density at radius 3 is 2.43 bits per heavy atom. The Bertz CT molecular complexity index is 691. The maximum atomic E-state index is 12.4. The summed E-state index contributed by atoms with van der Waals surface area (Å²) in [6.45, 7) is 0.869. The van der Waals surface area contributed by atoms with Crippen LogP contribution in [0.3, 0.4) is 0 Å². The number of amides is 1. The number of hydrogen-bond donors (Lipinski definition) is 2. The summed E-state index contributed by atoms with van der Waals surface area (Å²) in [5.41, 5.74) is 1.25. The minimum atomic E-state index is -4.06. The van der Waals surface area contributed by atoms with E-state index in [0.717, 1.165) is 8.61 Å². The highest BCUT2D eigenvalue weighted by Gasteiger charge is 2.34. The van der Waals surface area contributed by atoms with Gasteiger partial charge in [-0.1, -0.05) is 18.2 Å². The van der Waals surface area contributed by atoms with Gasteiger partial charge in [-0.15, -0.1) is 0 Å². The molecule has 0 aromatic heterocycles. The third kappa shape index (κ3) is 4.22. The van der Waals surface area contributed by atoms with Crippen LogP contribution in [0.5, 0.6) is 0 Å². The number of nitro groups is 1. The Morgan fingerprint density at radius 2 is 1.96 bits per heavy atom. The van der Waals surface area contributed by atoms with E-state index in [2.05, 4.69) is 0 Å². The quantitative estimate of drug-likeness (QED) is 0.408. The molecule has 1 aromatic carbocycles. The van der Waals surface area contributed by atoms with Crippen LogP contribution in [0.2, 0.25) is 0 Å². The molecule has 0 spiro atoms. The van der Waals surface area contributed by atoms with Gasteiger partial charge in [-0.25, -0.2) is 5.48 Å². The zero-order chi connectivity index (χ0) is 17.8. The first kappa shape index (κ1) is 19.0. The van der Waals surface area contributed by atoms with Crippen LogP contribution in [-0.2, 0) is 21.5 Å². The summed E-state index contributed by atoms with van der Waals surface area (Å²) in [7, 11) is -1.52. The molecule has 0 heterocycles. The maximum absolute atomic E-state index is 12.4. The first-order valence-corrected chi connectivity index (χ1v) is 7.88. The molecule has 11 heteroatoms. The lowest BCUT2D eigenvalue weighted by molar-refractivity contribution is -0.385. The van der Waals surface area contributed by atoms with E-state index in [1.165, 1.54) is 50.8 Å². The van der Waals surface area contributed by atoms with Crippen molar-refractivity contribution in [1.29, 1.82) is 0 Å². The average molecular weight is 346 g/mol. The fourth-order valence-electron chi connectivity index (χ4n) is 1.84. The molecule has 0 unspecified atom stereocenters.